The topological polar surface area (TPSA) is 90.8 Å². The van der Waals surface area contributed by atoms with Crippen LogP contribution in [0, 0.1) is 0 Å². The van der Waals surface area contributed by atoms with Crippen molar-refractivity contribution in [1.82, 2.24) is 10.0 Å². The number of hydrogen-bond donors (Lipinski definition) is 4. The van der Waals surface area contributed by atoms with E-state index >= 15 is 0 Å². The number of nitrogens with one attached hydrogen (secondary N) is 2. The molecule has 6 nitrogen and oxygen atoms in total. The van der Waals surface area contributed by atoms with Gasteiger partial charge in [-0.1, -0.05) is 18.2 Å². The van der Waals surface area contributed by atoms with Gasteiger partial charge in [0.15, 0.2) is 11.5 Å². The van der Waals surface area contributed by atoms with Gasteiger partial charge in [-0.2, -0.15) is 0 Å². The molecule has 3 aromatic rings. The van der Waals surface area contributed by atoms with Gasteiger partial charge in [0.25, 0.3) is 0 Å². The summed E-state index contributed by atoms with van der Waals surface area (Å²) in [6, 6.07) is 14.0. The van der Waals surface area contributed by atoms with E-state index in [4.69, 9.17) is 4.74 Å². The minimum Gasteiger partial charge on any atom is -0.504 e. The minimum atomic E-state index is -0.232. The van der Waals surface area contributed by atoms with Gasteiger partial charge >= 0.3 is 0 Å². The highest BCUT2D eigenvalue weighted by Gasteiger charge is 2.13. The van der Waals surface area contributed by atoms with E-state index in [-0.39, 0.29) is 11.5 Å². The number of ether oxygens (including phenoxy) is 1. The molecule has 0 aliphatic heterocycles. The Morgan fingerprint density at radius 2 is 1.89 bits per heavy atom. The average molecular weight is 402 g/mol. The van der Waals surface area contributed by atoms with Crippen LogP contribution in [0.4, 0.5) is 0 Å². The van der Waals surface area contributed by atoms with E-state index in [0.717, 1.165) is 15.3 Å². The Morgan fingerprint density at radius 1 is 1.04 bits per heavy atom. The van der Waals surface area contributed by atoms with Gasteiger partial charge in [0, 0.05) is 30.3 Å². The molecule has 0 atom stereocenters. The zero-order valence-corrected chi connectivity index (χ0v) is 15.8. The standard InChI is InChI=1S/C19H18N2O4S2/c22-12-20-8-9-21-27-19-15(7-10-26-19)14-3-1-2-4-18(14)25-13-5-6-16(23)17(24)11-13/h1-7,10-12,21,23-24H,8-9H2,(H,20,22). The minimum absolute atomic E-state index is 0.192. The Hall–Kier alpha value is -2.68. The summed E-state index contributed by atoms with van der Waals surface area (Å²) in [7, 11) is 0. The van der Waals surface area contributed by atoms with E-state index in [0.29, 0.717) is 31.0 Å². The molecule has 3 rings (SSSR count). The van der Waals surface area contributed by atoms with Crippen LogP contribution in [0.25, 0.3) is 11.1 Å². The fourth-order valence-electron chi connectivity index (χ4n) is 2.34. The molecule has 1 aromatic heterocycles. The third kappa shape index (κ3) is 4.94. The molecule has 2 aromatic carbocycles. The van der Waals surface area contributed by atoms with Gasteiger partial charge in [0.1, 0.15) is 11.5 Å². The summed E-state index contributed by atoms with van der Waals surface area (Å²) < 4.78 is 10.2. The summed E-state index contributed by atoms with van der Waals surface area (Å²) in [6.45, 7) is 1.20. The first-order valence-electron chi connectivity index (χ1n) is 8.12. The van der Waals surface area contributed by atoms with Crippen molar-refractivity contribution in [2.75, 3.05) is 13.1 Å². The Bertz CT molecular complexity index is 914. The molecule has 0 bridgehead atoms. The molecular formula is C19H18N2O4S2. The normalized spacial score (nSPS) is 10.5. The summed E-state index contributed by atoms with van der Waals surface area (Å²) in [5, 5.41) is 23.7. The quantitative estimate of drug-likeness (QED) is 0.187. The maximum atomic E-state index is 10.3. The molecule has 27 heavy (non-hydrogen) atoms. The molecule has 0 aliphatic carbocycles. The lowest BCUT2D eigenvalue weighted by Crippen LogP contribution is -2.22. The fraction of sp³-hybridized carbons (Fsp3) is 0.105. The lowest BCUT2D eigenvalue weighted by Gasteiger charge is -2.12. The lowest BCUT2D eigenvalue weighted by molar-refractivity contribution is -0.109. The largest absolute Gasteiger partial charge is 0.504 e. The number of benzene rings is 2. The molecule has 1 amide bonds. The number of phenols is 2. The molecule has 0 unspecified atom stereocenters. The molecule has 0 saturated carbocycles. The maximum Gasteiger partial charge on any atom is 0.207 e. The number of hydrogen-bond acceptors (Lipinski definition) is 7. The Kier molecular flexibility index (Phi) is 6.59. The summed E-state index contributed by atoms with van der Waals surface area (Å²) >= 11 is 3.11. The predicted octanol–water partition coefficient (Wildman–Crippen LogP) is 3.96. The van der Waals surface area contributed by atoms with Gasteiger partial charge in [0.05, 0.1) is 4.21 Å². The highest BCUT2D eigenvalue weighted by atomic mass is 32.2. The Morgan fingerprint density at radius 3 is 2.70 bits per heavy atom. The number of para-hydroxylation sites is 1. The molecular weight excluding hydrogens is 384 g/mol. The van der Waals surface area contributed by atoms with Crippen molar-refractivity contribution >= 4 is 29.7 Å². The van der Waals surface area contributed by atoms with Crippen LogP contribution in [0.3, 0.4) is 0 Å². The molecule has 0 fully saturated rings. The van der Waals surface area contributed by atoms with Crippen molar-refractivity contribution in [3.63, 3.8) is 0 Å². The number of rotatable bonds is 9. The summed E-state index contributed by atoms with van der Waals surface area (Å²) in [5.74, 6) is 0.651. The number of carbonyl (C=O) groups excluding carboxylic acids is 1. The van der Waals surface area contributed by atoms with E-state index in [1.165, 1.54) is 24.1 Å². The average Bonchev–Trinajstić information content (AvgIpc) is 3.13. The first-order chi connectivity index (χ1) is 13.2. The second kappa shape index (κ2) is 9.31. The van der Waals surface area contributed by atoms with Crippen LogP contribution in [0.5, 0.6) is 23.0 Å². The summed E-state index contributed by atoms with van der Waals surface area (Å²) in [6.07, 6.45) is 0.678. The lowest BCUT2D eigenvalue weighted by atomic mass is 10.1. The first kappa shape index (κ1) is 19.1. The highest BCUT2D eigenvalue weighted by Crippen LogP contribution is 2.41. The molecule has 0 spiro atoms. The van der Waals surface area contributed by atoms with Crippen molar-refractivity contribution in [2.24, 2.45) is 0 Å². The van der Waals surface area contributed by atoms with E-state index in [1.54, 1.807) is 17.4 Å². The molecule has 1 heterocycles. The van der Waals surface area contributed by atoms with Crippen molar-refractivity contribution in [3.8, 4) is 34.1 Å². The van der Waals surface area contributed by atoms with Crippen molar-refractivity contribution < 1.29 is 19.7 Å². The molecule has 0 saturated heterocycles. The van der Waals surface area contributed by atoms with Crippen LogP contribution in [0.1, 0.15) is 0 Å². The van der Waals surface area contributed by atoms with E-state index in [1.807, 2.05) is 35.7 Å². The van der Waals surface area contributed by atoms with Gasteiger partial charge in [-0.05, 0) is 41.6 Å². The zero-order valence-electron chi connectivity index (χ0n) is 14.2. The zero-order chi connectivity index (χ0) is 19.1. The van der Waals surface area contributed by atoms with Crippen LogP contribution in [0.2, 0.25) is 0 Å². The Balaban J connectivity index is 1.79. The summed E-state index contributed by atoms with van der Waals surface area (Å²) in [4.78, 5) is 10.3. The van der Waals surface area contributed by atoms with E-state index < -0.39 is 0 Å². The Labute approximate surface area is 165 Å². The van der Waals surface area contributed by atoms with Crippen molar-refractivity contribution in [3.05, 3.63) is 53.9 Å². The van der Waals surface area contributed by atoms with Gasteiger partial charge in [0.2, 0.25) is 6.41 Å². The van der Waals surface area contributed by atoms with Crippen LogP contribution in [0.15, 0.2) is 58.1 Å². The molecule has 4 N–H and O–H groups in total. The van der Waals surface area contributed by atoms with Gasteiger partial charge in [-0.3, -0.25) is 9.52 Å². The molecule has 140 valence electrons. The van der Waals surface area contributed by atoms with E-state index in [2.05, 4.69) is 10.0 Å². The van der Waals surface area contributed by atoms with Crippen LogP contribution in [-0.2, 0) is 4.79 Å². The molecule has 0 radical (unpaired) electrons. The van der Waals surface area contributed by atoms with Gasteiger partial charge < -0.3 is 20.3 Å². The van der Waals surface area contributed by atoms with Crippen molar-refractivity contribution in [1.29, 1.82) is 0 Å². The van der Waals surface area contributed by atoms with Crippen molar-refractivity contribution in [2.45, 2.75) is 4.21 Å². The fourth-order valence-corrected chi connectivity index (χ4v) is 4.14. The molecule has 0 aliphatic rings. The maximum absolute atomic E-state index is 10.3. The number of amides is 1. The number of phenolic OH excluding ortho intramolecular Hbond substituents is 2. The van der Waals surface area contributed by atoms with E-state index in [9.17, 15) is 15.0 Å². The predicted molar refractivity (Wildman–Crippen MR) is 108 cm³/mol. The third-order valence-corrected chi connectivity index (χ3v) is 5.60. The smallest absolute Gasteiger partial charge is 0.207 e. The van der Waals surface area contributed by atoms with Gasteiger partial charge in [-0.15, -0.1) is 11.3 Å². The highest BCUT2D eigenvalue weighted by molar-refractivity contribution is 7.99. The van der Waals surface area contributed by atoms with Crippen LogP contribution in [-0.4, -0.2) is 29.7 Å². The second-order valence-electron chi connectivity index (χ2n) is 5.44. The second-order valence-corrected chi connectivity index (χ2v) is 7.51. The summed E-state index contributed by atoms with van der Waals surface area (Å²) in [5.41, 5.74) is 1.95. The number of aromatic hydroxyl groups is 2. The number of thiophene rings is 1. The first-order valence-corrected chi connectivity index (χ1v) is 9.82. The SMILES string of the molecule is O=CNCCNSc1sccc1-c1ccccc1Oc1ccc(O)c(O)c1. The molecule has 8 heteroatoms. The van der Waals surface area contributed by atoms with Gasteiger partial charge in [-0.25, -0.2) is 0 Å². The number of carbonyl (C=O) groups is 1. The van der Waals surface area contributed by atoms with Crippen LogP contribution < -0.4 is 14.8 Å². The third-order valence-electron chi connectivity index (χ3n) is 3.60. The van der Waals surface area contributed by atoms with Crippen LogP contribution >= 0.6 is 23.3 Å². The monoisotopic (exact) mass is 402 g/mol.